The Hall–Kier alpha value is -0.680. The summed E-state index contributed by atoms with van der Waals surface area (Å²) < 4.78 is 0. The topological polar surface area (TPSA) is 26.0 Å². The molecule has 0 fully saturated rings. The molecule has 1 atom stereocenters. The molecule has 1 aromatic rings. The van der Waals surface area contributed by atoms with E-state index in [0.29, 0.717) is 10.0 Å². The van der Waals surface area contributed by atoms with Gasteiger partial charge in [-0.2, -0.15) is 0 Å². The molecule has 0 radical (unpaired) electrons. The van der Waals surface area contributed by atoms with E-state index < -0.39 is 0 Å². The van der Waals surface area contributed by atoms with Crippen LogP contribution >= 0.6 is 23.2 Å². The second-order valence-corrected chi connectivity index (χ2v) is 3.67. The molecule has 0 bridgehead atoms. The zero-order valence-corrected chi connectivity index (χ0v) is 9.36. The van der Waals surface area contributed by atoms with Crippen molar-refractivity contribution in [3.63, 3.8) is 0 Å². The van der Waals surface area contributed by atoms with E-state index in [4.69, 9.17) is 28.9 Å². The van der Waals surface area contributed by atoms with E-state index in [1.165, 1.54) is 0 Å². The van der Waals surface area contributed by atoms with Gasteiger partial charge in [0.15, 0.2) is 0 Å². The summed E-state index contributed by atoms with van der Waals surface area (Å²) in [5.74, 6) is 5.81. The summed E-state index contributed by atoms with van der Waals surface area (Å²) in [6.07, 6.45) is 0.825. The monoisotopic (exact) mass is 227 g/mol. The van der Waals surface area contributed by atoms with Gasteiger partial charge in [0.05, 0.1) is 16.1 Å². The molecule has 1 rings (SSSR count). The van der Waals surface area contributed by atoms with Crippen LogP contribution in [-0.2, 0) is 0 Å². The molecule has 74 valence electrons. The van der Waals surface area contributed by atoms with E-state index in [9.17, 15) is 0 Å². The third kappa shape index (κ3) is 2.92. The van der Waals surface area contributed by atoms with E-state index in [1.54, 1.807) is 6.07 Å². The SMILES string of the molecule is CCC(N)C#Cc1cccc(Cl)c1Cl. The van der Waals surface area contributed by atoms with Crippen molar-refractivity contribution >= 4 is 23.2 Å². The third-order valence-corrected chi connectivity index (χ3v) is 2.60. The van der Waals surface area contributed by atoms with Crippen LogP contribution in [-0.4, -0.2) is 6.04 Å². The predicted molar refractivity (Wildman–Crippen MR) is 61.6 cm³/mol. The van der Waals surface area contributed by atoms with Gasteiger partial charge in [0, 0.05) is 5.56 Å². The number of benzene rings is 1. The molecule has 3 heteroatoms. The maximum Gasteiger partial charge on any atom is 0.0748 e. The number of nitrogens with two attached hydrogens (primary N) is 1. The van der Waals surface area contributed by atoms with Crippen molar-refractivity contribution in [1.29, 1.82) is 0 Å². The maximum atomic E-state index is 5.94. The van der Waals surface area contributed by atoms with Crippen molar-refractivity contribution < 1.29 is 0 Å². The Morgan fingerprint density at radius 2 is 2.14 bits per heavy atom. The molecular weight excluding hydrogens is 217 g/mol. The number of hydrogen-bond acceptors (Lipinski definition) is 1. The van der Waals surface area contributed by atoms with Crippen LogP contribution in [0, 0.1) is 11.8 Å². The second-order valence-electron chi connectivity index (χ2n) is 2.89. The average Bonchev–Trinajstić information content (AvgIpc) is 2.20. The van der Waals surface area contributed by atoms with Crippen LogP contribution in [0.4, 0.5) is 0 Å². The maximum absolute atomic E-state index is 5.94. The highest BCUT2D eigenvalue weighted by molar-refractivity contribution is 6.42. The van der Waals surface area contributed by atoms with Crippen LogP contribution in [0.2, 0.25) is 10.0 Å². The molecule has 0 aliphatic heterocycles. The van der Waals surface area contributed by atoms with Gasteiger partial charge >= 0.3 is 0 Å². The lowest BCUT2D eigenvalue weighted by atomic mass is 10.2. The van der Waals surface area contributed by atoms with Crippen molar-refractivity contribution in [3.05, 3.63) is 33.8 Å². The van der Waals surface area contributed by atoms with E-state index in [2.05, 4.69) is 11.8 Å². The molecule has 0 aliphatic rings. The normalized spacial score (nSPS) is 11.7. The van der Waals surface area contributed by atoms with Crippen molar-refractivity contribution in [2.24, 2.45) is 5.73 Å². The van der Waals surface area contributed by atoms with Crippen LogP contribution in [0.25, 0.3) is 0 Å². The van der Waals surface area contributed by atoms with Crippen LogP contribution in [0.3, 0.4) is 0 Å². The van der Waals surface area contributed by atoms with Gasteiger partial charge in [-0.1, -0.05) is 48.0 Å². The first-order chi connectivity index (χ1) is 6.65. The largest absolute Gasteiger partial charge is 0.318 e. The zero-order valence-electron chi connectivity index (χ0n) is 7.85. The Morgan fingerprint density at radius 1 is 1.43 bits per heavy atom. The Morgan fingerprint density at radius 3 is 2.79 bits per heavy atom. The average molecular weight is 228 g/mol. The molecule has 14 heavy (non-hydrogen) atoms. The van der Waals surface area contributed by atoms with E-state index >= 15 is 0 Å². The van der Waals surface area contributed by atoms with E-state index in [0.717, 1.165) is 12.0 Å². The van der Waals surface area contributed by atoms with Crippen molar-refractivity contribution in [2.45, 2.75) is 19.4 Å². The third-order valence-electron chi connectivity index (χ3n) is 1.78. The molecule has 1 aromatic carbocycles. The van der Waals surface area contributed by atoms with Crippen LogP contribution in [0.5, 0.6) is 0 Å². The van der Waals surface area contributed by atoms with Gasteiger partial charge in [0.2, 0.25) is 0 Å². The molecule has 0 aliphatic carbocycles. The van der Waals surface area contributed by atoms with Crippen molar-refractivity contribution in [2.75, 3.05) is 0 Å². The quantitative estimate of drug-likeness (QED) is 0.734. The lowest BCUT2D eigenvalue weighted by Crippen LogP contribution is -2.15. The van der Waals surface area contributed by atoms with Crippen LogP contribution in [0.1, 0.15) is 18.9 Å². The molecular formula is C11H11Cl2N. The minimum absolute atomic E-state index is 0.106. The first-order valence-corrected chi connectivity index (χ1v) is 5.12. The molecule has 0 spiro atoms. The van der Waals surface area contributed by atoms with Gasteiger partial charge in [-0.25, -0.2) is 0 Å². The minimum atomic E-state index is -0.106. The fourth-order valence-electron chi connectivity index (χ4n) is 0.873. The molecule has 0 aromatic heterocycles. The summed E-state index contributed by atoms with van der Waals surface area (Å²) in [4.78, 5) is 0. The lowest BCUT2D eigenvalue weighted by Gasteiger charge is -1.99. The first kappa shape index (κ1) is 11.4. The Kier molecular flexibility index (Phi) is 4.28. The molecule has 1 nitrogen and oxygen atoms in total. The van der Waals surface area contributed by atoms with E-state index in [-0.39, 0.29) is 6.04 Å². The fraction of sp³-hybridized carbons (Fsp3) is 0.273. The van der Waals surface area contributed by atoms with Gasteiger partial charge in [-0.15, -0.1) is 0 Å². The van der Waals surface area contributed by atoms with Gasteiger partial charge in [-0.05, 0) is 18.6 Å². The summed E-state index contributed by atoms with van der Waals surface area (Å²) in [6.45, 7) is 1.99. The second kappa shape index (κ2) is 5.26. The number of rotatable bonds is 1. The molecule has 0 amide bonds. The molecule has 0 heterocycles. The van der Waals surface area contributed by atoms with Crippen molar-refractivity contribution in [1.82, 2.24) is 0 Å². The highest BCUT2D eigenvalue weighted by atomic mass is 35.5. The molecule has 1 unspecified atom stereocenters. The standard InChI is InChI=1S/C11H11Cl2N/c1-2-9(14)7-6-8-4-3-5-10(12)11(8)13/h3-5,9H,2,14H2,1H3. The summed E-state index contributed by atoms with van der Waals surface area (Å²) in [6, 6.07) is 5.26. The summed E-state index contributed by atoms with van der Waals surface area (Å²) in [7, 11) is 0. The summed E-state index contributed by atoms with van der Waals surface area (Å²) in [5, 5.41) is 1.01. The molecule has 0 saturated carbocycles. The van der Waals surface area contributed by atoms with E-state index in [1.807, 2.05) is 19.1 Å². The molecule has 2 N–H and O–H groups in total. The number of halogens is 2. The Bertz CT molecular complexity index is 377. The Labute approximate surface area is 94.2 Å². The fourth-order valence-corrected chi connectivity index (χ4v) is 1.22. The smallest absolute Gasteiger partial charge is 0.0748 e. The summed E-state index contributed by atoms with van der Waals surface area (Å²) >= 11 is 11.8. The number of hydrogen-bond donors (Lipinski definition) is 1. The summed E-state index contributed by atoms with van der Waals surface area (Å²) in [5.41, 5.74) is 6.38. The Balaban J connectivity index is 2.95. The highest BCUT2D eigenvalue weighted by Gasteiger charge is 2.00. The van der Waals surface area contributed by atoms with Gasteiger partial charge in [0.1, 0.15) is 0 Å². The molecule has 0 saturated heterocycles. The predicted octanol–water partition coefficient (Wildman–Crippen LogP) is 3.08. The van der Waals surface area contributed by atoms with Crippen molar-refractivity contribution in [3.8, 4) is 11.8 Å². The van der Waals surface area contributed by atoms with Crippen LogP contribution < -0.4 is 5.73 Å². The highest BCUT2D eigenvalue weighted by Crippen LogP contribution is 2.24. The zero-order chi connectivity index (χ0) is 10.6. The van der Waals surface area contributed by atoms with Gasteiger partial charge in [-0.3, -0.25) is 0 Å². The lowest BCUT2D eigenvalue weighted by molar-refractivity contribution is 0.806. The minimum Gasteiger partial charge on any atom is -0.318 e. The van der Waals surface area contributed by atoms with Crippen LogP contribution in [0.15, 0.2) is 18.2 Å². The van der Waals surface area contributed by atoms with Gasteiger partial charge in [0.25, 0.3) is 0 Å². The first-order valence-electron chi connectivity index (χ1n) is 4.36. The van der Waals surface area contributed by atoms with Gasteiger partial charge < -0.3 is 5.73 Å².